The minimum atomic E-state index is -0.292. The van der Waals surface area contributed by atoms with Crippen LogP contribution in [0.3, 0.4) is 0 Å². The highest BCUT2D eigenvalue weighted by Gasteiger charge is 2.37. The number of urea groups is 1. The summed E-state index contributed by atoms with van der Waals surface area (Å²) in [5.41, 5.74) is 1.43. The molecule has 8 heteroatoms. The highest BCUT2D eigenvalue weighted by Crippen LogP contribution is 2.22. The molecule has 4 rings (SSSR count). The van der Waals surface area contributed by atoms with Gasteiger partial charge in [0.25, 0.3) is 0 Å². The first-order valence-corrected chi connectivity index (χ1v) is 8.60. The molecule has 2 aliphatic heterocycles. The number of rotatable bonds is 3. The average molecular weight is 343 g/mol. The van der Waals surface area contributed by atoms with Crippen LogP contribution in [0.2, 0.25) is 0 Å². The number of hydrogen-bond donors (Lipinski definition) is 3. The molecule has 2 fully saturated rings. The maximum Gasteiger partial charge on any atom is 0.319 e. The van der Waals surface area contributed by atoms with Crippen molar-refractivity contribution in [1.82, 2.24) is 20.0 Å². The first-order valence-electron chi connectivity index (χ1n) is 8.60. The van der Waals surface area contributed by atoms with Crippen molar-refractivity contribution in [2.75, 3.05) is 11.9 Å². The fourth-order valence-electron chi connectivity index (χ4n) is 3.55. The van der Waals surface area contributed by atoms with Crippen LogP contribution in [0.15, 0.2) is 30.7 Å². The number of amides is 3. The molecular weight excluding hydrogens is 322 g/mol. The monoisotopic (exact) mass is 343 g/mol. The van der Waals surface area contributed by atoms with Crippen LogP contribution in [0.4, 0.5) is 10.5 Å². The van der Waals surface area contributed by atoms with Crippen molar-refractivity contribution in [2.45, 2.75) is 43.9 Å². The van der Waals surface area contributed by atoms with Gasteiger partial charge in [-0.3, -0.25) is 4.79 Å². The van der Waals surface area contributed by atoms with Gasteiger partial charge in [0, 0.05) is 43.4 Å². The van der Waals surface area contributed by atoms with E-state index >= 15 is 0 Å². The Balaban J connectivity index is 1.42. The van der Waals surface area contributed by atoms with E-state index in [0.717, 1.165) is 18.5 Å². The molecule has 3 amide bonds. The number of nitrogens with one attached hydrogen (secondary N) is 3. The van der Waals surface area contributed by atoms with E-state index < -0.39 is 0 Å². The topological polar surface area (TPSA) is 96.8 Å². The molecule has 0 radical (unpaired) electrons. The zero-order chi connectivity index (χ0) is 17.2. The lowest BCUT2D eigenvalue weighted by molar-refractivity contribution is -0.125. The van der Waals surface area contributed by atoms with Crippen molar-refractivity contribution in [2.24, 2.45) is 0 Å². The lowest BCUT2D eigenvalue weighted by atomic mass is 9.92. The van der Waals surface area contributed by atoms with Crippen LogP contribution in [0, 0.1) is 0 Å². The fourth-order valence-corrected chi connectivity index (χ4v) is 3.55. The molecule has 3 atom stereocenters. The van der Waals surface area contributed by atoms with Gasteiger partial charge in [0.05, 0.1) is 18.2 Å². The summed E-state index contributed by atoms with van der Waals surface area (Å²) in [6.07, 6.45) is 8.27. The number of piperidine rings is 1. The van der Waals surface area contributed by atoms with Gasteiger partial charge in [-0.25, -0.2) is 9.78 Å². The molecule has 25 heavy (non-hydrogen) atoms. The van der Waals surface area contributed by atoms with Crippen molar-refractivity contribution in [1.29, 1.82) is 0 Å². The van der Waals surface area contributed by atoms with E-state index in [4.69, 9.17) is 4.74 Å². The first kappa shape index (κ1) is 15.9. The van der Waals surface area contributed by atoms with E-state index in [1.54, 1.807) is 12.3 Å². The van der Waals surface area contributed by atoms with E-state index in [1.807, 2.05) is 22.9 Å². The van der Waals surface area contributed by atoms with Gasteiger partial charge in [0.15, 0.2) is 0 Å². The lowest BCUT2D eigenvalue weighted by Crippen LogP contribution is -2.60. The van der Waals surface area contributed by atoms with Gasteiger partial charge in [-0.1, -0.05) is 0 Å². The Morgan fingerprint density at radius 2 is 2.28 bits per heavy atom. The third-order valence-corrected chi connectivity index (χ3v) is 4.78. The number of carbonyl (C=O) groups is 2. The highest BCUT2D eigenvalue weighted by atomic mass is 16.5. The summed E-state index contributed by atoms with van der Waals surface area (Å²) >= 11 is 0. The average Bonchev–Trinajstić information content (AvgIpc) is 3.27. The van der Waals surface area contributed by atoms with Crippen molar-refractivity contribution in [3.05, 3.63) is 30.7 Å². The summed E-state index contributed by atoms with van der Waals surface area (Å²) in [5, 5.41) is 8.80. The first-order chi connectivity index (χ1) is 12.2. The standard InChI is InChI=1S/C17H21N5O3/c23-15-4-3-12(16(21-15)13-2-1-9-25-13)20-17(24)19-11-5-7-22-8-6-18-14(22)10-11/h5-8,10,12-13,16H,1-4,9H2,(H,21,23)(H2,19,20,24)/t12-,13?,16-/m1/s1. The predicted molar refractivity (Wildman–Crippen MR) is 91.3 cm³/mol. The normalized spacial score (nSPS) is 26.4. The number of nitrogens with zero attached hydrogens (tertiary/aromatic N) is 2. The summed E-state index contributed by atoms with van der Waals surface area (Å²) < 4.78 is 7.58. The van der Waals surface area contributed by atoms with Crippen LogP contribution in [0.25, 0.3) is 5.65 Å². The number of pyridine rings is 1. The second-order valence-corrected chi connectivity index (χ2v) is 6.50. The quantitative estimate of drug-likeness (QED) is 0.782. The Bertz CT molecular complexity index is 783. The van der Waals surface area contributed by atoms with Crippen molar-refractivity contribution < 1.29 is 14.3 Å². The van der Waals surface area contributed by atoms with Crippen LogP contribution < -0.4 is 16.0 Å². The van der Waals surface area contributed by atoms with Crippen LogP contribution in [0.5, 0.6) is 0 Å². The van der Waals surface area contributed by atoms with Gasteiger partial charge in [0.1, 0.15) is 5.65 Å². The fraction of sp³-hybridized carbons (Fsp3) is 0.471. The number of hydrogen-bond acceptors (Lipinski definition) is 4. The Morgan fingerprint density at radius 3 is 3.12 bits per heavy atom. The summed E-state index contributed by atoms with van der Waals surface area (Å²) in [4.78, 5) is 28.3. The number of imidazole rings is 1. The Hall–Kier alpha value is -2.61. The van der Waals surface area contributed by atoms with Gasteiger partial charge >= 0.3 is 6.03 Å². The molecule has 0 aliphatic carbocycles. The van der Waals surface area contributed by atoms with E-state index in [-0.39, 0.29) is 30.1 Å². The Kier molecular flexibility index (Phi) is 4.27. The zero-order valence-electron chi connectivity index (χ0n) is 13.8. The van der Waals surface area contributed by atoms with Crippen LogP contribution >= 0.6 is 0 Å². The molecule has 0 aromatic carbocycles. The Morgan fingerprint density at radius 1 is 1.36 bits per heavy atom. The summed E-state index contributed by atoms with van der Waals surface area (Å²) in [5.74, 6) is 0.0173. The number of aromatic nitrogens is 2. The van der Waals surface area contributed by atoms with Crippen molar-refractivity contribution in [3.8, 4) is 0 Å². The molecule has 3 N–H and O–H groups in total. The second kappa shape index (κ2) is 6.72. The van der Waals surface area contributed by atoms with E-state index in [0.29, 0.717) is 25.1 Å². The van der Waals surface area contributed by atoms with Gasteiger partial charge < -0.3 is 25.1 Å². The van der Waals surface area contributed by atoms with E-state index in [9.17, 15) is 9.59 Å². The number of anilines is 1. The third kappa shape index (κ3) is 3.43. The second-order valence-electron chi connectivity index (χ2n) is 6.50. The smallest absolute Gasteiger partial charge is 0.319 e. The van der Waals surface area contributed by atoms with Crippen LogP contribution in [0.1, 0.15) is 25.7 Å². The molecule has 132 valence electrons. The summed E-state index contributed by atoms with van der Waals surface area (Å²) in [6, 6.07) is 3.01. The van der Waals surface area contributed by atoms with Gasteiger partial charge in [-0.15, -0.1) is 0 Å². The maximum absolute atomic E-state index is 12.4. The lowest BCUT2D eigenvalue weighted by Gasteiger charge is -2.36. The van der Waals surface area contributed by atoms with Gasteiger partial charge in [0.2, 0.25) is 5.91 Å². The van der Waals surface area contributed by atoms with Crippen molar-refractivity contribution in [3.63, 3.8) is 0 Å². The molecule has 2 aromatic rings. The number of carbonyl (C=O) groups excluding carboxylic acids is 2. The predicted octanol–water partition coefficient (Wildman–Crippen LogP) is 1.28. The molecule has 0 saturated carbocycles. The zero-order valence-corrected chi connectivity index (χ0v) is 13.8. The molecule has 2 aliphatic rings. The molecule has 0 bridgehead atoms. The minimum absolute atomic E-state index is 0.0173. The summed E-state index contributed by atoms with van der Waals surface area (Å²) in [6.45, 7) is 0.709. The summed E-state index contributed by atoms with van der Waals surface area (Å²) in [7, 11) is 0. The van der Waals surface area contributed by atoms with Crippen molar-refractivity contribution >= 4 is 23.3 Å². The maximum atomic E-state index is 12.4. The van der Waals surface area contributed by atoms with E-state index in [1.165, 1.54) is 0 Å². The van der Waals surface area contributed by atoms with Crippen LogP contribution in [-0.4, -0.2) is 46.1 Å². The third-order valence-electron chi connectivity index (χ3n) is 4.78. The highest BCUT2D eigenvalue weighted by molar-refractivity contribution is 5.90. The van der Waals surface area contributed by atoms with E-state index in [2.05, 4.69) is 20.9 Å². The minimum Gasteiger partial charge on any atom is -0.376 e. The van der Waals surface area contributed by atoms with Gasteiger partial charge in [-0.05, 0) is 25.3 Å². The number of ether oxygens (including phenoxy) is 1. The molecule has 0 spiro atoms. The van der Waals surface area contributed by atoms with Crippen LogP contribution in [-0.2, 0) is 9.53 Å². The largest absolute Gasteiger partial charge is 0.376 e. The Labute approximate surface area is 144 Å². The molecular formula is C17H21N5O3. The SMILES string of the molecule is O=C1CC[C@@H](NC(=O)Nc2ccn3ccnc3c2)[C@H](C2CCCO2)N1. The molecule has 2 aromatic heterocycles. The molecule has 4 heterocycles. The molecule has 1 unspecified atom stereocenters. The van der Waals surface area contributed by atoms with Gasteiger partial charge in [-0.2, -0.15) is 0 Å². The number of fused-ring (bicyclic) bond motifs is 1. The molecule has 8 nitrogen and oxygen atoms in total. The molecule has 2 saturated heterocycles.